The smallest absolute Gasteiger partial charge is 0.285 e. The van der Waals surface area contributed by atoms with E-state index in [9.17, 15) is 9.59 Å². The highest BCUT2D eigenvalue weighted by Gasteiger charge is 2.34. The molecule has 23 heavy (non-hydrogen) atoms. The van der Waals surface area contributed by atoms with Crippen LogP contribution in [-0.2, 0) is 4.79 Å². The van der Waals surface area contributed by atoms with Gasteiger partial charge in [0.2, 0.25) is 0 Å². The number of nitrogens with zero attached hydrogens (tertiary/aromatic N) is 1. The number of thioether (sulfide) groups is 1. The number of hydrogen-bond acceptors (Lipinski definition) is 5. The molecule has 116 valence electrons. The van der Waals surface area contributed by atoms with E-state index in [-0.39, 0.29) is 10.2 Å². The Labute approximate surface area is 142 Å². The van der Waals surface area contributed by atoms with E-state index >= 15 is 0 Å². The average Bonchev–Trinajstić information content (AvgIpc) is 3.07. The topological polar surface area (TPSA) is 62.6 Å². The summed E-state index contributed by atoms with van der Waals surface area (Å²) in [5.74, 6) is 0.553. The first-order valence-corrected chi connectivity index (χ1v) is 7.97. The number of amides is 2. The lowest BCUT2D eigenvalue weighted by Crippen LogP contribution is -2.44. The van der Waals surface area contributed by atoms with Crippen molar-refractivity contribution >= 4 is 46.2 Å². The van der Waals surface area contributed by atoms with Crippen LogP contribution in [0, 0.1) is 6.92 Å². The Bertz CT molecular complexity index is 812. The van der Waals surface area contributed by atoms with E-state index in [2.05, 4.69) is 5.43 Å². The van der Waals surface area contributed by atoms with Crippen molar-refractivity contribution in [3.63, 3.8) is 0 Å². The maximum atomic E-state index is 12.4. The lowest BCUT2D eigenvalue weighted by atomic mass is 10.2. The van der Waals surface area contributed by atoms with Gasteiger partial charge in [-0.2, -0.15) is 5.01 Å². The number of carbonyl (C=O) groups excluding carboxylic acids is 2. The summed E-state index contributed by atoms with van der Waals surface area (Å²) in [6.07, 6.45) is 1.61. The molecule has 1 N–H and O–H groups in total. The van der Waals surface area contributed by atoms with Crippen molar-refractivity contribution in [1.82, 2.24) is 10.4 Å². The number of nitrogens with one attached hydrogen (secondary N) is 1. The Morgan fingerprint density at radius 3 is 2.65 bits per heavy atom. The zero-order valence-electron chi connectivity index (χ0n) is 12.1. The third-order valence-corrected chi connectivity index (χ3v) is 4.38. The minimum atomic E-state index is -0.392. The van der Waals surface area contributed by atoms with Gasteiger partial charge in [0.05, 0.1) is 4.91 Å². The molecule has 0 aliphatic carbocycles. The van der Waals surface area contributed by atoms with E-state index < -0.39 is 5.91 Å². The fourth-order valence-corrected chi connectivity index (χ4v) is 3.14. The SMILES string of the molecule is Cc1ccc(/C=C2/SC(=S)N(NC(=O)c3ccccc3)C2=O)o1. The van der Waals surface area contributed by atoms with Gasteiger partial charge >= 0.3 is 0 Å². The molecular formula is C16H12N2O3S2. The van der Waals surface area contributed by atoms with Gasteiger partial charge in [0, 0.05) is 11.6 Å². The highest BCUT2D eigenvalue weighted by molar-refractivity contribution is 8.26. The number of carbonyl (C=O) groups is 2. The minimum Gasteiger partial charge on any atom is -0.462 e. The minimum absolute atomic E-state index is 0.272. The fraction of sp³-hybridized carbons (Fsp3) is 0.0625. The van der Waals surface area contributed by atoms with Crippen molar-refractivity contribution < 1.29 is 14.0 Å². The lowest BCUT2D eigenvalue weighted by molar-refractivity contribution is -0.123. The number of hydrazine groups is 1. The van der Waals surface area contributed by atoms with Crippen molar-refractivity contribution in [2.24, 2.45) is 0 Å². The van der Waals surface area contributed by atoms with E-state index in [4.69, 9.17) is 16.6 Å². The molecule has 2 heterocycles. The van der Waals surface area contributed by atoms with Gasteiger partial charge in [0.25, 0.3) is 11.8 Å². The zero-order valence-corrected chi connectivity index (χ0v) is 13.7. The molecule has 0 bridgehead atoms. The largest absolute Gasteiger partial charge is 0.462 e. The van der Waals surface area contributed by atoms with Gasteiger partial charge in [-0.25, -0.2) is 0 Å². The molecular weight excluding hydrogens is 332 g/mol. The average molecular weight is 344 g/mol. The van der Waals surface area contributed by atoms with Gasteiger partial charge in [-0.05, 0) is 43.4 Å². The Balaban J connectivity index is 1.77. The molecule has 1 aromatic carbocycles. The predicted octanol–water partition coefficient (Wildman–Crippen LogP) is 3.13. The van der Waals surface area contributed by atoms with Crippen LogP contribution in [0.2, 0.25) is 0 Å². The number of aryl methyl sites for hydroxylation is 1. The van der Waals surface area contributed by atoms with Gasteiger partial charge in [0.15, 0.2) is 4.32 Å². The van der Waals surface area contributed by atoms with Crippen LogP contribution in [0.1, 0.15) is 21.9 Å². The fourth-order valence-electron chi connectivity index (χ4n) is 1.98. The van der Waals surface area contributed by atoms with Crippen LogP contribution in [0.3, 0.4) is 0 Å². The summed E-state index contributed by atoms with van der Waals surface area (Å²) in [7, 11) is 0. The van der Waals surface area contributed by atoms with Crippen LogP contribution in [-0.4, -0.2) is 21.1 Å². The second kappa shape index (κ2) is 6.39. The first-order chi connectivity index (χ1) is 11.0. The molecule has 1 saturated heterocycles. The van der Waals surface area contributed by atoms with Crippen LogP contribution in [0.5, 0.6) is 0 Å². The first kappa shape index (κ1) is 15.5. The molecule has 0 radical (unpaired) electrons. The summed E-state index contributed by atoms with van der Waals surface area (Å²) >= 11 is 6.28. The second-order valence-corrected chi connectivity index (χ2v) is 6.45. The Morgan fingerprint density at radius 1 is 1.26 bits per heavy atom. The molecule has 0 atom stereocenters. The second-order valence-electron chi connectivity index (χ2n) is 4.77. The summed E-state index contributed by atoms with van der Waals surface area (Å²) in [4.78, 5) is 24.9. The van der Waals surface area contributed by atoms with Crippen LogP contribution in [0.4, 0.5) is 0 Å². The highest BCUT2D eigenvalue weighted by Crippen LogP contribution is 2.31. The summed E-state index contributed by atoms with van der Waals surface area (Å²) in [6.45, 7) is 1.82. The number of thiocarbonyl (C=S) groups is 1. The van der Waals surface area contributed by atoms with E-state index in [1.165, 1.54) is 0 Å². The van der Waals surface area contributed by atoms with Gasteiger partial charge in [-0.15, -0.1) is 0 Å². The molecule has 7 heteroatoms. The Kier molecular flexibility index (Phi) is 4.31. The van der Waals surface area contributed by atoms with Crippen molar-refractivity contribution in [3.05, 3.63) is 64.5 Å². The van der Waals surface area contributed by atoms with Gasteiger partial charge < -0.3 is 4.42 Å². The number of furan rings is 1. The number of hydrogen-bond donors (Lipinski definition) is 1. The van der Waals surface area contributed by atoms with E-state index in [0.717, 1.165) is 22.5 Å². The van der Waals surface area contributed by atoms with Crippen LogP contribution in [0.15, 0.2) is 51.8 Å². The summed E-state index contributed by atoms with van der Waals surface area (Å²) in [5, 5.41) is 1.08. The maximum absolute atomic E-state index is 12.4. The summed E-state index contributed by atoms with van der Waals surface area (Å²) < 4.78 is 5.70. The van der Waals surface area contributed by atoms with E-state index in [0.29, 0.717) is 16.2 Å². The molecule has 0 saturated carbocycles. The Morgan fingerprint density at radius 2 is 2.00 bits per heavy atom. The standard InChI is InChI=1S/C16H12N2O3S2/c1-10-7-8-12(21-10)9-13-15(20)18(16(22)23-13)17-14(19)11-5-3-2-4-6-11/h2-9H,1H3,(H,17,19)/b13-9+. The van der Waals surface area contributed by atoms with Gasteiger partial charge in [-0.1, -0.05) is 30.0 Å². The van der Waals surface area contributed by atoms with Crippen LogP contribution >= 0.6 is 24.0 Å². The predicted molar refractivity (Wildman–Crippen MR) is 92.4 cm³/mol. The lowest BCUT2D eigenvalue weighted by Gasteiger charge is -2.15. The van der Waals surface area contributed by atoms with Crippen LogP contribution in [0.25, 0.3) is 6.08 Å². The Hall–Kier alpha value is -2.38. The highest BCUT2D eigenvalue weighted by atomic mass is 32.2. The third kappa shape index (κ3) is 3.35. The van der Waals surface area contributed by atoms with E-state index in [1.54, 1.807) is 36.4 Å². The first-order valence-electron chi connectivity index (χ1n) is 6.75. The number of rotatable bonds is 3. The molecule has 1 aliphatic rings. The molecule has 3 rings (SSSR count). The summed E-state index contributed by atoms with van der Waals surface area (Å²) in [6, 6.07) is 12.2. The van der Waals surface area contributed by atoms with Crippen molar-refractivity contribution in [2.45, 2.75) is 6.92 Å². The zero-order chi connectivity index (χ0) is 16.4. The maximum Gasteiger partial charge on any atom is 0.285 e. The molecule has 0 spiro atoms. The quantitative estimate of drug-likeness (QED) is 0.685. The van der Waals surface area contributed by atoms with E-state index in [1.807, 2.05) is 19.1 Å². The summed E-state index contributed by atoms with van der Waals surface area (Å²) in [5.41, 5.74) is 2.98. The van der Waals surface area contributed by atoms with Crippen molar-refractivity contribution in [2.75, 3.05) is 0 Å². The van der Waals surface area contributed by atoms with Gasteiger partial charge in [-0.3, -0.25) is 15.0 Å². The molecule has 1 aromatic heterocycles. The van der Waals surface area contributed by atoms with Gasteiger partial charge in [0.1, 0.15) is 11.5 Å². The van der Waals surface area contributed by atoms with Crippen molar-refractivity contribution in [1.29, 1.82) is 0 Å². The molecule has 2 amide bonds. The molecule has 2 aromatic rings. The monoisotopic (exact) mass is 344 g/mol. The number of benzene rings is 1. The molecule has 1 aliphatic heterocycles. The molecule has 0 unspecified atom stereocenters. The van der Waals surface area contributed by atoms with Crippen molar-refractivity contribution in [3.8, 4) is 0 Å². The molecule has 5 nitrogen and oxygen atoms in total. The van der Waals surface area contributed by atoms with Crippen LogP contribution < -0.4 is 5.43 Å². The third-order valence-electron chi connectivity index (χ3n) is 3.08. The normalized spacial score (nSPS) is 16.2. The molecule has 1 fully saturated rings.